The Balaban J connectivity index is 1.39. The topological polar surface area (TPSA) is 12.0 Å². The van der Waals surface area contributed by atoms with E-state index in [1.807, 2.05) is 0 Å². The smallest absolute Gasteiger partial charge is 0.0136 e. The van der Waals surface area contributed by atoms with Crippen LogP contribution in [0.1, 0.15) is 32.1 Å². The van der Waals surface area contributed by atoms with Crippen LogP contribution in [0.25, 0.3) is 0 Å². The Bertz CT molecular complexity index is 217. The second kappa shape index (κ2) is 2.31. The Morgan fingerprint density at radius 3 is 2.23 bits per heavy atom. The molecule has 4 atom stereocenters. The molecule has 0 aromatic heterocycles. The van der Waals surface area contributed by atoms with Gasteiger partial charge in [-0.1, -0.05) is 0 Å². The molecule has 1 nitrogen and oxygen atoms in total. The number of nitrogens with one attached hydrogen (secondary N) is 1. The van der Waals surface area contributed by atoms with Crippen molar-refractivity contribution in [3.63, 3.8) is 0 Å². The summed E-state index contributed by atoms with van der Waals surface area (Å²) in [7, 11) is 0. The van der Waals surface area contributed by atoms with Gasteiger partial charge in [0.25, 0.3) is 0 Å². The molecule has 2 bridgehead atoms. The molecule has 1 heteroatoms. The lowest BCUT2D eigenvalue weighted by molar-refractivity contribution is 0.456. The van der Waals surface area contributed by atoms with Crippen LogP contribution in [-0.2, 0) is 0 Å². The summed E-state index contributed by atoms with van der Waals surface area (Å²) in [5, 5.41) is 3.82. The third-order valence-corrected chi connectivity index (χ3v) is 5.07. The minimum atomic E-state index is 0.979. The average Bonchev–Trinajstić information content (AvgIpc) is 3.02. The first-order valence-electron chi connectivity index (χ1n) is 6.17. The third kappa shape index (κ3) is 0.971. The van der Waals surface area contributed by atoms with Crippen molar-refractivity contribution < 1.29 is 0 Å². The van der Waals surface area contributed by atoms with Crippen molar-refractivity contribution in [2.24, 2.45) is 29.6 Å². The molecule has 0 radical (unpaired) electrons. The quantitative estimate of drug-likeness (QED) is 0.695. The molecule has 4 unspecified atom stereocenters. The number of fused-ring (bicyclic) bond motifs is 5. The average molecular weight is 177 g/mol. The molecule has 0 aliphatic heterocycles. The van der Waals surface area contributed by atoms with E-state index in [4.69, 9.17) is 0 Å². The minimum absolute atomic E-state index is 0.979. The molecule has 4 aliphatic carbocycles. The van der Waals surface area contributed by atoms with Crippen LogP contribution in [0.2, 0.25) is 0 Å². The molecule has 72 valence electrons. The lowest BCUT2D eigenvalue weighted by atomic mass is 10.0. The molecule has 1 N–H and O–H groups in total. The zero-order chi connectivity index (χ0) is 8.41. The van der Waals surface area contributed by atoms with Crippen molar-refractivity contribution in [1.29, 1.82) is 0 Å². The van der Waals surface area contributed by atoms with E-state index < -0.39 is 0 Å². The van der Waals surface area contributed by atoms with Gasteiger partial charge >= 0.3 is 0 Å². The number of rotatable bonds is 3. The zero-order valence-corrected chi connectivity index (χ0v) is 8.21. The Hall–Kier alpha value is -0.0400. The number of hydrogen-bond acceptors (Lipinski definition) is 1. The van der Waals surface area contributed by atoms with Crippen molar-refractivity contribution in [2.45, 2.75) is 38.1 Å². The highest BCUT2D eigenvalue weighted by Crippen LogP contribution is 2.65. The molecular formula is C12H19N. The maximum absolute atomic E-state index is 3.82. The van der Waals surface area contributed by atoms with Crippen LogP contribution in [0.5, 0.6) is 0 Å². The fraction of sp³-hybridized carbons (Fsp3) is 1.00. The molecule has 0 amide bonds. The summed E-state index contributed by atoms with van der Waals surface area (Å²) >= 11 is 0. The molecule has 4 aliphatic rings. The van der Waals surface area contributed by atoms with Gasteiger partial charge in [-0.2, -0.15) is 0 Å². The first kappa shape index (κ1) is 7.28. The van der Waals surface area contributed by atoms with E-state index in [1.165, 1.54) is 19.4 Å². The Morgan fingerprint density at radius 2 is 1.62 bits per heavy atom. The van der Waals surface area contributed by atoms with Gasteiger partial charge in [0.15, 0.2) is 0 Å². The predicted octanol–water partition coefficient (Wildman–Crippen LogP) is 2.03. The van der Waals surface area contributed by atoms with E-state index in [9.17, 15) is 0 Å². The van der Waals surface area contributed by atoms with Gasteiger partial charge < -0.3 is 5.32 Å². The van der Waals surface area contributed by atoms with E-state index in [-0.39, 0.29) is 0 Å². The summed E-state index contributed by atoms with van der Waals surface area (Å²) in [5.41, 5.74) is 0. The summed E-state index contributed by atoms with van der Waals surface area (Å²) in [5.74, 6) is 5.63. The molecule has 4 fully saturated rings. The second-order valence-corrected chi connectivity index (χ2v) is 5.87. The van der Waals surface area contributed by atoms with Gasteiger partial charge in [-0.05, 0) is 68.2 Å². The molecule has 4 rings (SSSR count). The first-order valence-corrected chi connectivity index (χ1v) is 6.17. The van der Waals surface area contributed by atoms with E-state index in [1.54, 1.807) is 19.3 Å². The molecule has 0 spiro atoms. The van der Waals surface area contributed by atoms with Crippen LogP contribution in [0.15, 0.2) is 0 Å². The van der Waals surface area contributed by atoms with Crippen LogP contribution in [0.3, 0.4) is 0 Å². The van der Waals surface area contributed by atoms with Crippen LogP contribution in [0, 0.1) is 29.6 Å². The van der Waals surface area contributed by atoms with Crippen molar-refractivity contribution in [3.8, 4) is 0 Å². The van der Waals surface area contributed by atoms with Gasteiger partial charge in [0.1, 0.15) is 0 Å². The summed E-state index contributed by atoms with van der Waals surface area (Å²) < 4.78 is 0. The lowest BCUT2D eigenvalue weighted by Gasteiger charge is -2.09. The van der Waals surface area contributed by atoms with Gasteiger partial charge in [-0.25, -0.2) is 0 Å². The highest BCUT2D eigenvalue weighted by molar-refractivity contribution is 5.16. The van der Waals surface area contributed by atoms with E-state index in [2.05, 4.69) is 5.32 Å². The molecule has 4 saturated carbocycles. The van der Waals surface area contributed by atoms with Crippen molar-refractivity contribution >= 4 is 0 Å². The summed E-state index contributed by atoms with van der Waals surface area (Å²) in [6.45, 7) is 1.34. The number of hydrogen-bond donors (Lipinski definition) is 1. The van der Waals surface area contributed by atoms with Gasteiger partial charge in [0.2, 0.25) is 0 Å². The Kier molecular flexibility index (Phi) is 1.29. The SMILES string of the molecule is C1CC1CNC1C2C3CCC(C3)C12. The maximum Gasteiger partial charge on any atom is 0.0136 e. The predicted molar refractivity (Wildman–Crippen MR) is 52.3 cm³/mol. The highest BCUT2D eigenvalue weighted by Gasteiger charge is 2.64. The van der Waals surface area contributed by atoms with Crippen LogP contribution in [-0.4, -0.2) is 12.6 Å². The molecule has 0 aromatic carbocycles. The highest BCUT2D eigenvalue weighted by atomic mass is 15.0. The fourth-order valence-electron chi connectivity index (χ4n) is 4.22. The molecule has 13 heavy (non-hydrogen) atoms. The minimum Gasteiger partial charge on any atom is -0.313 e. The largest absolute Gasteiger partial charge is 0.313 e. The Labute approximate surface area is 80.3 Å². The summed E-state index contributed by atoms with van der Waals surface area (Å²) in [6.07, 6.45) is 7.72. The third-order valence-electron chi connectivity index (χ3n) is 5.07. The van der Waals surface area contributed by atoms with Gasteiger partial charge in [0, 0.05) is 6.04 Å². The van der Waals surface area contributed by atoms with E-state index in [0.29, 0.717) is 0 Å². The van der Waals surface area contributed by atoms with E-state index in [0.717, 1.165) is 35.6 Å². The molecule has 0 heterocycles. The normalized spacial score (nSPS) is 56.8. The second-order valence-electron chi connectivity index (χ2n) is 5.87. The fourth-order valence-corrected chi connectivity index (χ4v) is 4.22. The molecular weight excluding hydrogens is 158 g/mol. The lowest BCUT2D eigenvalue weighted by Crippen LogP contribution is -2.24. The van der Waals surface area contributed by atoms with Gasteiger partial charge in [0.05, 0.1) is 0 Å². The van der Waals surface area contributed by atoms with Crippen molar-refractivity contribution in [2.75, 3.05) is 6.54 Å². The van der Waals surface area contributed by atoms with E-state index >= 15 is 0 Å². The van der Waals surface area contributed by atoms with Crippen molar-refractivity contribution in [3.05, 3.63) is 0 Å². The standard InChI is InChI=1S/C12H19N/c1-2-7(1)6-13-12-10-8-3-4-9(5-8)11(10)12/h7-13H,1-6H2. The van der Waals surface area contributed by atoms with Crippen LogP contribution >= 0.6 is 0 Å². The monoisotopic (exact) mass is 177 g/mol. The molecule has 0 aromatic rings. The molecule has 0 saturated heterocycles. The zero-order valence-electron chi connectivity index (χ0n) is 8.21. The van der Waals surface area contributed by atoms with Crippen LogP contribution in [0.4, 0.5) is 0 Å². The van der Waals surface area contributed by atoms with Crippen molar-refractivity contribution in [1.82, 2.24) is 5.32 Å². The van der Waals surface area contributed by atoms with Crippen LogP contribution < -0.4 is 5.32 Å². The van der Waals surface area contributed by atoms with Gasteiger partial charge in [-0.3, -0.25) is 0 Å². The summed E-state index contributed by atoms with van der Waals surface area (Å²) in [4.78, 5) is 0. The van der Waals surface area contributed by atoms with Gasteiger partial charge in [-0.15, -0.1) is 0 Å². The Morgan fingerprint density at radius 1 is 0.923 bits per heavy atom. The first-order chi connectivity index (χ1) is 6.43. The maximum atomic E-state index is 3.82. The summed E-state index contributed by atoms with van der Waals surface area (Å²) in [6, 6.07) is 0.979.